The lowest BCUT2D eigenvalue weighted by Gasteiger charge is -1.95. The molecule has 2 rings (SSSR count). The van der Waals surface area contributed by atoms with E-state index >= 15 is 0 Å². The van der Waals surface area contributed by atoms with Gasteiger partial charge in [0, 0.05) is 11.6 Å². The van der Waals surface area contributed by atoms with Gasteiger partial charge in [-0.05, 0) is 19.9 Å². The lowest BCUT2D eigenvalue weighted by Crippen LogP contribution is -1.89. The van der Waals surface area contributed by atoms with Crippen molar-refractivity contribution in [2.75, 3.05) is 0 Å². The van der Waals surface area contributed by atoms with E-state index in [1.807, 2.05) is 25.3 Å². The van der Waals surface area contributed by atoms with Gasteiger partial charge in [0.1, 0.15) is 5.82 Å². The van der Waals surface area contributed by atoms with Gasteiger partial charge in [0.2, 0.25) is 0 Å². The number of aryl methyl sites for hydroxylation is 2. The summed E-state index contributed by atoms with van der Waals surface area (Å²) in [7, 11) is 0. The minimum absolute atomic E-state index is 0.781. The zero-order chi connectivity index (χ0) is 9.26. The van der Waals surface area contributed by atoms with Crippen LogP contribution in [0.25, 0.3) is 11.4 Å². The fraction of sp³-hybridized carbons (Fsp3) is 0.222. The maximum absolute atomic E-state index is 4.35. The second-order valence-corrected chi connectivity index (χ2v) is 3.80. The summed E-state index contributed by atoms with van der Waals surface area (Å²) in [5.41, 5.74) is 1.84. The van der Waals surface area contributed by atoms with Crippen LogP contribution in [-0.4, -0.2) is 15.0 Å². The van der Waals surface area contributed by atoms with Crippen molar-refractivity contribution in [3.05, 3.63) is 28.5 Å². The van der Waals surface area contributed by atoms with Gasteiger partial charge in [0.25, 0.3) is 0 Å². The SMILES string of the molecule is Cc1nccc(-c2csc(C)n2)n1. The largest absolute Gasteiger partial charge is 0.242 e. The smallest absolute Gasteiger partial charge is 0.125 e. The lowest BCUT2D eigenvalue weighted by atomic mass is 10.3. The fourth-order valence-electron chi connectivity index (χ4n) is 1.08. The molecule has 0 N–H and O–H groups in total. The van der Waals surface area contributed by atoms with Gasteiger partial charge in [-0.1, -0.05) is 0 Å². The quantitative estimate of drug-likeness (QED) is 0.693. The molecule has 0 aliphatic heterocycles. The zero-order valence-electron chi connectivity index (χ0n) is 7.48. The first-order valence-electron chi connectivity index (χ1n) is 3.98. The van der Waals surface area contributed by atoms with Gasteiger partial charge >= 0.3 is 0 Å². The summed E-state index contributed by atoms with van der Waals surface area (Å²) in [5.74, 6) is 0.781. The molecule has 4 heteroatoms. The van der Waals surface area contributed by atoms with Gasteiger partial charge in [0.05, 0.1) is 16.4 Å². The molecule has 0 unspecified atom stereocenters. The molecule has 0 fully saturated rings. The molecule has 0 saturated carbocycles. The van der Waals surface area contributed by atoms with Crippen molar-refractivity contribution in [1.29, 1.82) is 0 Å². The Morgan fingerprint density at radius 2 is 2.00 bits per heavy atom. The predicted octanol–water partition coefficient (Wildman–Crippen LogP) is 2.22. The number of aromatic nitrogens is 3. The Bertz CT molecular complexity index is 422. The molecule has 66 valence electrons. The van der Waals surface area contributed by atoms with Gasteiger partial charge in [-0.15, -0.1) is 11.3 Å². The van der Waals surface area contributed by atoms with Crippen molar-refractivity contribution in [3.8, 4) is 11.4 Å². The van der Waals surface area contributed by atoms with Crippen LogP contribution in [0.5, 0.6) is 0 Å². The summed E-state index contributed by atoms with van der Waals surface area (Å²) in [5, 5.41) is 3.07. The highest BCUT2D eigenvalue weighted by Gasteiger charge is 2.02. The second kappa shape index (κ2) is 3.22. The van der Waals surface area contributed by atoms with E-state index in [-0.39, 0.29) is 0 Å². The second-order valence-electron chi connectivity index (χ2n) is 2.74. The van der Waals surface area contributed by atoms with E-state index in [0.29, 0.717) is 0 Å². The third-order valence-electron chi connectivity index (χ3n) is 1.66. The maximum atomic E-state index is 4.35. The molecule has 2 aromatic heterocycles. The number of thiazole rings is 1. The monoisotopic (exact) mass is 191 g/mol. The topological polar surface area (TPSA) is 38.7 Å². The van der Waals surface area contributed by atoms with E-state index in [0.717, 1.165) is 22.2 Å². The van der Waals surface area contributed by atoms with E-state index in [1.54, 1.807) is 17.5 Å². The molecule has 0 aliphatic rings. The van der Waals surface area contributed by atoms with E-state index in [1.165, 1.54) is 0 Å². The summed E-state index contributed by atoms with van der Waals surface area (Å²) < 4.78 is 0. The van der Waals surface area contributed by atoms with E-state index in [9.17, 15) is 0 Å². The van der Waals surface area contributed by atoms with Crippen LogP contribution in [0.3, 0.4) is 0 Å². The van der Waals surface area contributed by atoms with Crippen LogP contribution in [-0.2, 0) is 0 Å². The first kappa shape index (κ1) is 8.31. The molecule has 0 aliphatic carbocycles. The molecule has 13 heavy (non-hydrogen) atoms. The average Bonchev–Trinajstić information content (AvgIpc) is 2.52. The van der Waals surface area contributed by atoms with Crippen molar-refractivity contribution in [1.82, 2.24) is 15.0 Å². The molecular formula is C9H9N3S. The Hall–Kier alpha value is -1.29. The molecule has 2 aromatic rings. The van der Waals surface area contributed by atoms with Crippen molar-refractivity contribution in [2.24, 2.45) is 0 Å². The molecular weight excluding hydrogens is 182 g/mol. The van der Waals surface area contributed by atoms with Gasteiger partial charge in [-0.2, -0.15) is 0 Å². The highest BCUT2D eigenvalue weighted by Crippen LogP contribution is 2.18. The maximum Gasteiger partial charge on any atom is 0.125 e. The standard InChI is InChI=1S/C9H9N3S/c1-6-10-4-3-8(11-6)9-5-13-7(2)12-9/h3-5H,1-2H3. The van der Waals surface area contributed by atoms with Crippen LogP contribution in [0.2, 0.25) is 0 Å². The van der Waals surface area contributed by atoms with Gasteiger partial charge in [0.15, 0.2) is 0 Å². The molecule has 3 nitrogen and oxygen atoms in total. The lowest BCUT2D eigenvalue weighted by molar-refractivity contribution is 1.05. The molecule has 0 saturated heterocycles. The summed E-state index contributed by atoms with van der Waals surface area (Å²) >= 11 is 1.63. The van der Waals surface area contributed by atoms with E-state index < -0.39 is 0 Å². The number of hydrogen-bond donors (Lipinski definition) is 0. The van der Waals surface area contributed by atoms with Crippen LogP contribution < -0.4 is 0 Å². The van der Waals surface area contributed by atoms with Crippen molar-refractivity contribution in [2.45, 2.75) is 13.8 Å². The Labute approximate surface area is 80.5 Å². The van der Waals surface area contributed by atoms with Crippen LogP contribution in [0.4, 0.5) is 0 Å². The minimum atomic E-state index is 0.781. The average molecular weight is 191 g/mol. The van der Waals surface area contributed by atoms with Crippen molar-refractivity contribution < 1.29 is 0 Å². The number of nitrogens with zero attached hydrogens (tertiary/aromatic N) is 3. The van der Waals surface area contributed by atoms with E-state index in [4.69, 9.17) is 0 Å². The molecule has 0 radical (unpaired) electrons. The summed E-state index contributed by atoms with van der Waals surface area (Å²) in [6.45, 7) is 3.87. The van der Waals surface area contributed by atoms with E-state index in [2.05, 4.69) is 15.0 Å². The first-order valence-corrected chi connectivity index (χ1v) is 4.86. The fourth-order valence-corrected chi connectivity index (χ4v) is 1.69. The Morgan fingerprint density at radius 3 is 2.62 bits per heavy atom. The molecule has 0 bridgehead atoms. The summed E-state index contributed by atoms with van der Waals surface area (Å²) in [6.07, 6.45) is 1.76. The number of hydrogen-bond acceptors (Lipinski definition) is 4. The van der Waals surface area contributed by atoms with Gasteiger partial charge < -0.3 is 0 Å². The highest BCUT2D eigenvalue weighted by atomic mass is 32.1. The number of rotatable bonds is 1. The van der Waals surface area contributed by atoms with Gasteiger partial charge in [-0.3, -0.25) is 0 Å². The Morgan fingerprint density at radius 1 is 1.15 bits per heavy atom. The van der Waals surface area contributed by atoms with Crippen molar-refractivity contribution >= 4 is 11.3 Å². The Kier molecular flexibility index (Phi) is 2.06. The summed E-state index contributed by atoms with van der Waals surface area (Å²) in [4.78, 5) is 12.7. The van der Waals surface area contributed by atoms with Crippen LogP contribution >= 0.6 is 11.3 Å². The van der Waals surface area contributed by atoms with Crippen LogP contribution in [0.1, 0.15) is 10.8 Å². The normalized spacial score (nSPS) is 10.3. The Balaban J connectivity index is 2.46. The first-order chi connectivity index (χ1) is 6.25. The van der Waals surface area contributed by atoms with Crippen LogP contribution in [0.15, 0.2) is 17.6 Å². The van der Waals surface area contributed by atoms with Crippen LogP contribution in [0, 0.1) is 13.8 Å². The summed E-state index contributed by atoms with van der Waals surface area (Å²) in [6, 6.07) is 1.88. The molecule has 2 heterocycles. The highest BCUT2D eigenvalue weighted by molar-refractivity contribution is 7.09. The molecule has 0 spiro atoms. The minimum Gasteiger partial charge on any atom is -0.242 e. The third-order valence-corrected chi connectivity index (χ3v) is 2.43. The predicted molar refractivity (Wildman–Crippen MR) is 52.6 cm³/mol. The zero-order valence-corrected chi connectivity index (χ0v) is 8.30. The molecule has 0 atom stereocenters. The van der Waals surface area contributed by atoms with Crippen molar-refractivity contribution in [3.63, 3.8) is 0 Å². The van der Waals surface area contributed by atoms with Gasteiger partial charge in [-0.25, -0.2) is 15.0 Å². The third kappa shape index (κ3) is 1.72. The molecule has 0 amide bonds. The molecule has 0 aromatic carbocycles.